The van der Waals surface area contributed by atoms with Gasteiger partial charge in [0.2, 0.25) is 0 Å². The Kier molecular flexibility index (Phi) is 6.26. The second kappa shape index (κ2) is 8.83. The molecule has 8 nitrogen and oxygen atoms in total. The largest absolute Gasteiger partial charge is 0.452 e. The lowest BCUT2D eigenvalue weighted by Crippen LogP contribution is -2.37. The van der Waals surface area contributed by atoms with Gasteiger partial charge in [-0.3, -0.25) is 14.9 Å². The maximum atomic E-state index is 12.2. The predicted molar refractivity (Wildman–Crippen MR) is 99.7 cm³/mol. The zero-order valence-corrected chi connectivity index (χ0v) is 15.2. The van der Waals surface area contributed by atoms with Crippen LogP contribution < -0.4 is 10.6 Å². The molecule has 2 aliphatic carbocycles. The van der Waals surface area contributed by atoms with Gasteiger partial charge in [-0.1, -0.05) is 25.7 Å². The molecule has 146 valence electrons. The van der Waals surface area contributed by atoms with Crippen molar-refractivity contribution in [3.8, 4) is 0 Å². The summed E-state index contributed by atoms with van der Waals surface area (Å²) in [5.41, 5.74) is 0.287. The van der Waals surface area contributed by atoms with E-state index in [1.54, 1.807) is 0 Å². The number of esters is 1. The van der Waals surface area contributed by atoms with E-state index in [1.165, 1.54) is 31.0 Å². The van der Waals surface area contributed by atoms with Crippen molar-refractivity contribution in [2.24, 2.45) is 0 Å². The Balaban J connectivity index is 1.54. The van der Waals surface area contributed by atoms with Crippen molar-refractivity contribution < 1.29 is 19.2 Å². The van der Waals surface area contributed by atoms with Crippen LogP contribution in [0.15, 0.2) is 18.2 Å². The molecule has 2 aliphatic rings. The molecule has 0 unspecified atom stereocenters. The summed E-state index contributed by atoms with van der Waals surface area (Å²) < 4.78 is 5.04. The molecule has 0 radical (unpaired) electrons. The number of carbonyl (C=O) groups excluding carboxylic acids is 2. The van der Waals surface area contributed by atoms with Gasteiger partial charge in [0.1, 0.15) is 5.69 Å². The minimum atomic E-state index is -0.743. The van der Waals surface area contributed by atoms with Crippen molar-refractivity contribution in [3.63, 3.8) is 0 Å². The molecule has 0 spiro atoms. The van der Waals surface area contributed by atoms with Gasteiger partial charge >= 0.3 is 5.97 Å². The Morgan fingerprint density at radius 1 is 1.07 bits per heavy atom. The Morgan fingerprint density at radius 2 is 1.78 bits per heavy atom. The van der Waals surface area contributed by atoms with Crippen LogP contribution in [0.3, 0.4) is 0 Å². The number of ether oxygens (including phenoxy) is 1. The Labute approximate surface area is 157 Å². The lowest BCUT2D eigenvalue weighted by Gasteiger charge is -2.16. The highest BCUT2D eigenvalue weighted by Gasteiger charge is 2.26. The number of nitrogens with zero attached hydrogens (tertiary/aromatic N) is 1. The first-order valence-electron chi connectivity index (χ1n) is 9.54. The zero-order valence-electron chi connectivity index (χ0n) is 15.2. The highest BCUT2D eigenvalue weighted by Crippen LogP contribution is 2.31. The SMILES string of the molecule is O=C(COC(=O)c1ccc(NC2CC2)c([N+](=O)[O-])c1)NC1CCCCCC1. The van der Waals surface area contributed by atoms with E-state index >= 15 is 0 Å². The first-order chi connectivity index (χ1) is 13.0. The number of nitrogens with one attached hydrogen (secondary N) is 2. The molecule has 2 N–H and O–H groups in total. The first-order valence-corrected chi connectivity index (χ1v) is 9.54. The summed E-state index contributed by atoms with van der Waals surface area (Å²) in [6, 6.07) is 4.57. The van der Waals surface area contributed by atoms with Gasteiger partial charge in [0.15, 0.2) is 6.61 Å². The third-order valence-electron chi connectivity index (χ3n) is 4.92. The summed E-state index contributed by atoms with van der Waals surface area (Å²) in [6.45, 7) is -0.384. The van der Waals surface area contributed by atoms with Crippen molar-refractivity contribution in [1.29, 1.82) is 0 Å². The molecule has 27 heavy (non-hydrogen) atoms. The average molecular weight is 375 g/mol. The highest BCUT2D eigenvalue weighted by atomic mass is 16.6. The predicted octanol–water partition coefficient (Wildman–Crippen LogP) is 3.16. The molecule has 0 atom stereocenters. The molecule has 0 saturated heterocycles. The third kappa shape index (κ3) is 5.67. The smallest absolute Gasteiger partial charge is 0.338 e. The van der Waals surface area contributed by atoms with Crippen LogP contribution in [0.25, 0.3) is 0 Å². The van der Waals surface area contributed by atoms with Crippen molar-refractivity contribution in [2.75, 3.05) is 11.9 Å². The van der Waals surface area contributed by atoms with E-state index in [1.807, 2.05) is 0 Å². The minimum Gasteiger partial charge on any atom is -0.452 e. The van der Waals surface area contributed by atoms with Gasteiger partial charge in [0, 0.05) is 18.2 Å². The van der Waals surface area contributed by atoms with Crippen LogP contribution in [-0.4, -0.2) is 35.5 Å². The molecule has 8 heteroatoms. The normalized spacial score (nSPS) is 17.6. The molecule has 0 heterocycles. The quantitative estimate of drug-likeness (QED) is 0.328. The fourth-order valence-corrected chi connectivity index (χ4v) is 3.29. The van der Waals surface area contributed by atoms with E-state index in [-0.39, 0.29) is 35.8 Å². The Hall–Kier alpha value is -2.64. The molecule has 0 bridgehead atoms. The topological polar surface area (TPSA) is 111 Å². The summed E-state index contributed by atoms with van der Waals surface area (Å²) in [7, 11) is 0. The molecule has 2 fully saturated rings. The molecule has 1 aromatic rings. The van der Waals surface area contributed by atoms with E-state index in [0.717, 1.165) is 38.5 Å². The number of amides is 1. The first kappa shape index (κ1) is 19.1. The van der Waals surface area contributed by atoms with Gasteiger partial charge in [-0.15, -0.1) is 0 Å². The fourth-order valence-electron chi connectivity index (χ4n) is 3.29. The van der Waals surface area contributed by atoms with Crippen LogP contribution in [0.4, 0.5) is 11.4 Å². The van der Waals surface area contributed by atoms with Crippen molar-refractivity contribution >= 4 is 23.3 Å². The second-order valence-corrected chi connectivity index (χ2v) is 7.24. The number of benzene rings is 1. The lowest BCUT2D eigenvalue weighted by molar-refractivity contribution is -0.384. The molecule has 3 rings (SSSR count). The number of nitro benzene ring substituents is 1. The maximum absolute atomic E-state index is 12.2. The van der Waals surface area contributed by atoms with Crippen molar-refractivity contribution in [1.82, 2.24) is 5.32 Å². The van der Waals surface area contributed by atoms with Gasteiger partial charge < -0.3 is 15.4 Å². The summed E-state index contributed by atoms with van der Waals surface area (Å²) in [5, 5.41) is 17.2. The molecule has 2 saturated carbocycles. The lowest BCUT2D eigenvalue weighted by atomic mass is 10.1. The Morgan fingerprint density at radius 3 is 2.41 bits per heavy atom. The van der Waals surface area contributed by atoms with Crippen LogP contribution >= 0.6 is 0 Å². The van der Waals surface area contributed by atoms with Gasteiger partial charge in [-0.25, -0.2) is 4.79 Å². The van der Waals surface area contributed by atoms with E-state index in [9.17, 15) is 19.7 Å². The van der Waals surface area contributed by atoms with Crippen LogP contribution in [-0.2, 0) is 9.53 Å². The number of nitro groups is 1. The monoisotopic (exact) mass is 375 g/mol. The molecule has 0 aromatic heterocycles. The Bertz CT molecular complexity index is 709. The standard InChI is InChI=1S/C19H25N3O5/c23-18(21-14-5-3-1-2-4-6-14)12-27-19(24)13-7-10-16(20-15-8-9-15)17(11-13)22(25)26/h7,10-11,14-15,20H,1-6,8-9,12H2,(H,21,23). The van der Waals surface area contributed by atoms with Gasteiger partial charge in [-0.05, 0) is 37.8 Å². The highest BCUT2D eigenvalue weighted by molar-refractivity contribution is 5.93. The van der Waals surface area contributed by atoms with Gasteiger partial charge in [0.05, 0.1) is 10.5 Å². The molecule has 1 aromatic carbocycles. The van der Waals surface area contributed by atoms with Crippen molar-refractivity contribution in [2.45, 2.75) is 63.5 Å². The maximum Gasteiger partial charge on any atom is 0.338 e. The molecule has 0 aliphatic heterocycles. The van der Waals surface area contributed by atoms with Crippen molar-refractivity contribution in [3.05, 3.63) is 33.9 Å². The molecule has 1 amide bonds. The van der Waals surface area contributed by atoms with Gasteiger partial charge in [0.25, 0.3) is 11.6 Å². The molecular weight excluding hydrogens is 350 g/mol. The number of rotatable bonds is 7. The number of carbonyl (C=O) groups is 2. The summed E-state index contributed by atoms with van der Waals surface area (Å²) >= 11 is 0. The third-order valence-corrected chi connectivity index (χ3v) is 4.92. The second-order valence-electron chi connectivity index (χ2n) is 7.24. The van der Waals surface area contributed by atoms with Crippen LogP contribution in [0.1, 0.15) is 61.7 Å². The number of hydrogen-bond donors (Lipinski definition) is 2. The summed E-state index contributed by atoms with van der Waals surface area (Å²) in [5.74, 6) is -1.08. The van der Waals surface area contributed by atoms with E-state index in [4.69, 9.17) is 4.74 Å². The van der Waals surface area contributed by atoms with Gasteiger partial charge in [-0.2, -0.15) is 0 Å². The molecular formula is C19H25N3O5. The number of anilines is 1. The van der Waals surface area contributed by atoms with Crippen LogP contribution in [0, 0.1) is 10.1 Å². The minimum absolute atomic E-state index is 0.0605. The average Bonchev–Trinajstić information content (AvgIpc) is 3.48. The van der Waals surface area contributed by atoms with E-state index < -0.39 is 10.9 Å². The summed E-state index contributed by atoms with van der Waals surface area (Å²) in [4.78, 5) is 34.9. The van der Waals surface area contributed by atoms with Crippen LogP contribution in [0.2, 0.25) is 0 Å². The number of hydrogen-bond acceptors (Lipinski definition) is 6. The fraction of sp³-hybridized carbons (Fsp3) is 0.579. The van der Waals surface area contributed by atoms with E-state index in [0.29, 0.717) is 5.69 Å². The van der Waals surface area contributed by atoms with E-state index in [2.05, 4.69) is 10.6 Å². The zero-order chi connectivity index (χ0) is 19.2. The van der Waals surface area contributed by atoms with Crippen LogP contribution in [0.5, 0.6) is 0 Å². The summed E-state index contributed by atoms with van der Waals surface area (Å²) in [6.07, 6.45) is 8.42.